The zero-order valence-corrected chi connectivity index (χ0v) is 9.14. The van der Waals surface area contributed by atoms with Crippen molar-refractivity contribution >= 4 is 10.9 Å². The fraction of sp³-hybridized carbons (Fsp3) is 0. The van der Waals surface area contributed by atoms with Crippen LogP contribution in [0.25, 0.3) is 10.9 Å². The number of pyridine rings is 1. The van der Waals surface area contributed by atoms with Crippen LogP contribution in [0.4, 0.5) is 0 Å². The zero-order valence-electron chi connectivity index (χ0n) is 9.14. The molecule has 3 aromatic rings. The molecule has 80 valence electrons. The van der Waals surface area contributed by atoms with Gasteiger partial charge in [-0.1, -0.05) is 30.2 Å². The van der Waals surface area contributed by atoms with Gasteiger partial charge in [0, 0.05) is 23.3 Å². The Hall–Kier alpha value is -2.53. The summed E-state index contributed by atoms with van der Waals surface area (Å²) in [6.45, 7) is 0. The fourth-order valence-corrected chi connectivity index (χ4v) is 1.74. The van der Waals surface area contributed by atoms with E-state index in [0.717, 1.165) is 22.2 Å². The first-order valence-corrected chi connectivity index (χ1v) is 5.43. The number of fused-ring (bicyclic) bond motifs is 1. The summed E-state index contributed by atoms with van der Waals surface area (Å²) >= 11 is 0. The van der Waals surface area contributed by atoms with Crippen LogP contribution in [0.3, 0.4) is 0 Å². The second kappa shape index (κ2) is 4.15. The Morgan fingerprint density at radius 2 is 1.82 bits per heavy atom. The van der Waals surface area contributed by atoms with Crippen LogP contribution < -0.4 is 0 Å². The highest BCUT2D eigenvalue weighted by atomic mass is 14.7. The topological polar surface area (TPSA) is 28.7 Å². The van der Waals surface area contributed by atoms with E-state index >= 15 is 0 Å². The summed E-state index contributed by atoms with van der Waals surface area (Å²) in [6, 6.07) is 13.9. The number of benzene rings is 1. The van der Waals surface area contributed by atoms with Crippen molar-refractivity contribution in [1.82, 2.24) is 9.97 Å². The minimum Gasteiger partial charge on any atom is -0.360 e. The molecular weight excluding hydrogens is 208 g/mol. The first kappa shape index (κ1) is 9.68. The summed E-state index contributed by atoms with van der Waals surface area (Å²) < 4.78 is 0. The van der Waals surface area contributed by atoms with Crippen LogP contribution in [0.15, 0.2) is 54.9 Å². The lowest BCUT2D eigenvalue weighted by Crippen LogP contribution is -1.78. The van der Waals surface area contributed by atoms with E-state index in [0.29, 0.717) is 0 Å². The highest BCUT2D eigenvalue weighted by Gasteiger charge is 1.98. The molecule has 1 aromatic carbocycles. The second-order valence-electron chi connectivity index (χ2n) is 3.71. The molecule has 0 amide bonds. The van der Waals surface area contributed by atoms with E-state index in [1.807, 2.05) is 42.6 Å². The van der Waals surface area contributed by atoms with Gasteiger partial charge in [0.2, 0.25) is 0 Å². The minimum absolute atomic E-state index is 0.790. The van der Waals surface area contributed by atoms with Gasteiger partial charge in [0.1, 0.15) is 5.69 Å². The molecule has 0 aliphatic heterocycles. The number of aromatic amines is 1. The number of para-hydroxylation sites is 1. The largest absolute Gasteiger partial charge is 0.360 e. The molecule has 0 fully saturated rings. The number of hydrogen-bond acceptors (Lipinski definition) is 1. The molecule has 0 bridgehead atoms. The van der Waals surface area contributed by atoms with Gasteiger partial charge >= 0.3 is 0 Å². The predicted octanol–water partition coefficient (Wildman–Crippen LogP) is 2.96. The van der Waals surface area contributed by atoms with E-state index in [1.54, 1.807) is 6.20 Å². The number of aromatic nitrogens is 2. The van der Waals surface area contributed by atoms with E-state index in [2.05, 4.69) is 27.9 Å². The van der Waals surface area contributed by atoms with Crippen molar-refractivity contribution in [2.24, 2.45) is 0 Å². The first-order valence-electron chi connectivity index (χ1n) is 5.43. The summed E-state index contributed by atoms with van der Waals surface area (Å²) in [7, 11) is 0. The maximum atomic E-state index is 4.17. The Morgan fingerprint density at radius 1 is 0.941 bits per heavy atom. The van der Waals surface area contributed by atoms with Crippen molar-refractivity contribution in [2.75, 3.05) is 0 Å². The van der Waals surface area contributed by atoms with Crippen molar-refractivity contribution in [2.45, 2.75) is 0 Å². The van der Waals surface area contributed by atoms with Crippen molar-refractivity contribution in [1.29, 1.82) is 0 Å². The summed E-state index contributed by atoms with van der Waals surface area (Å²) in [5.74, 6) is 6.20. The Labute approximate surface area is 99.3 Å². The van der Waals surface area contributed by atoms with Gasteiger partial charge in [0.05, 0.1) is 5.56 Å². The van der Waals surface area contributed by atoms with E-state index in [4.69, 9.17) is 0 Å². The Bertz CT molecular complexity index is 700. The Balaban J connectivity index is 2.04. The molecule has 0 atom stereocenters. The summed E-state index contributed by atoms with van der Waals surface area (Å²) in [5, 5.41) is 1.15. The smallest absolute Gasteiger partial charge is 0.113 e. The van der Waals surface area contributed by atoms with Gasteiger partial charge in [-0.25, -0.2) is 4.98 Å². The van der Waals surface area contributed by atoms with Gasteiger partial charge in [0.15, 0.2) is 0 Å². The molecule has 0 aliphatic rings. The van der Waals surface area contributed by atoms with Gasteiger partial charge < -0.3 is 4.98 Å². The van der Waals surface area contributed by atoms with E-state index in [9.17, 15) is 0 Å². The monoisotopic (exact) mass is 218 g/mol. The molecular formula is C15H10N2. The summed E-state index contributed by atoms with van der Waals surface area (Å²) in [6.07, 6.45) is 3.68. The Morgan fingerprint density at radius 3 is 2.71 bits per heavy atom. The Kier molecular flexibility index (Phi) is 2.36. The average Bonchev–Trinajstić information content (AvgIpc) is 2.81. The molecule has 0 unspecified atom stereocenters. The molecule has 1 N–H and O–H groups in total. The van der Waals surface area contributed by atoms with Gasteiger partial charge in [-0.15, -0.1) is 0 Å². The highest BCUT2D eigenvalue weighted by Crippen LogP contribution is 2.16. The fourth-order valence-electron chi connectivity index (χ4n) is 1.74. The lowest BCUT2D eigenvalue weighted by molar-refractivity contribution is 1.29. The van der Waals surface area contributed by atoms with Crippen LogP contribution >= 0.6 is 0 Å². The number of nitrogens with zero attached hydrogens (tertiary/aromatic N) is 1. The van der Waals surface area contributed by atoms with Gasteiger partial charge in [-0.05, 0) is 24.1 Å². The van der Waals surface area contributed by atoms with E-state index in [-0.39, 0.29) is 0 Å². The molecule has 0 radical (unpaired) electrons. The van der Waals surface area contributed by atoms with Crippen molar-refractivity contribution in [3.8, 4) is 11.8 Å². The average molecular weight is 218 g/mol. The van der Waals surface area contributed by atoms with Crippen LogP contribution in [0.5, 0.6) is 0 Å². The number of rotatable bonds is 0. The quantitative estimate of drug-likeness (QED) is 0.577. The summed E-state index contributed by atoms with van der Waals surface area (Å²) in [5.41, 5.74) is 2.90. The molecule has 0 saturated heterocycles. The third kappa shape index (κ3) is 1.91. The number of nitrogens with one attached hydrogen (secondary N) is 1. The van der Waals surface area contributed by atoms with E-state index < -0.39 is 0 Å². The molecule has 2 aromatic heterocycles. The third-order valence-corrected chi connectivity index (χ3v) is 2.58. The summed E-state index contributed by atoms with van der Waals surface area (Å²) in [4.78, 5) is 7.38. The minimum atomic E-state index is 0.790. The molecule has 0 saturated carbocycles. The van der Waals surface area contributed by atoms with Gasteiger partial charge in [0.25, 0.3) is 0 Å². The number of hydrogen-bond donors (Lipinski definition) is 1. The van der Waals surface area contributed by atoms with Crippen LogP contribution in [0.1, 0.15) is 11.3 Å². The van der Waals surface area contributed by atoms with Gasteiger partial charge in [-0.3, -0.25) is 0 Å². The standard InChI is InChI=1S/C15H10N2/c1-2-7-15-14(6-1)12(11-17-15)8-9-13-5-3-4-10-16-13/h1-7,10-11,17H. The molecule has 2 heterocycles. The second-order valence-corrected chi connectivity index (χ2v) is 3.71. The van der Waals surface area contributed by atoms with E-state index in [1.165, 1.54) is 0 Å². The first-order chi connectivity index (χ1) is 8.43. The lowest BCUT2D eigenvalue weighted by Gasteiger charge is -1.88. The molecule has 0 aliphatic carbocycles. The maximum Gasteiger partial charge on any atom is 0.113 e. The third-order valence-electron chi connectivity index (χ3n) is 2.58. The molecule has 0 spiro atoms. The SMILES string of the molecule is C(#Cc1c[nH]c2ccccc12)c1ccccn1. The predicted molar refractivity (Wildman–Crippen MR) is 68.5 cm³/mol. The maximum absolute atomic E-state index is 4.17. The van der Waals surface area contributed by atoms with Gasteiger partial charge in [-0.2, -0.15) is 0 Å². The molecule has 3 rings (SSSR count). The molecule has 2 nitrogen and oxygen atoms in total. The van der Waals surface area contributed by atoms with Crippen molar-refractivity contribution < 1.29 is 0 Å². The van der Waals surface area contributed by atoms with Crippen LogP contribution in [0.2, 0.25) is 0 Å². The van der Waals surface area contributed by atoms with Crippen LogP contribution in [-0.2, 0) is 0 Å². The lowest BCUT2D eigenvalue weighted by atomic mass is 10.2. The van der Waals surface area contributed by atoms with Crippen LogP contribution in [0, 0.1) is 11.8 Å². The zero-order chi connectivity index (χ0) is 11.5. The van der Waals surface area contributed by atoms with Crippen molar-refractivity contribution in [3.63, 3.8) is 0 Å². The normalized spacial score (nSPS) is 9.88. The van der Waals surface area contributed by atoms with Crippen molar-refractivity contribution in [3.05, 3.63) is 66.1 Å². The number of H-pyrrole nitrogens is 1. The molecule has 17 heavy (non-hydrogen) atoms. The highest BCUT2D eigenvalue weighted by molar-refractivity contribution is 5.86. The van der Waals surface area contributed by atoms with Crippen LogP contribution in [-0.4, -0.2) is 9.97 Å². The molecule has 2 heteroatoms.